The first-order chi connectivity index (χ1) is 11.0. The van der Waals surface area contributed by atoms with E-state index in [0.717, 1.165) is 18.7 Å². The molecule has 124 valence electrons. The Labute approximate surface area is 137 Å². The number of likely N-dealkylation sites (tertiary alicyclic amines) is 1. The lowest BCUT2D eigenvalue weighted by atomic mass is 9.87. The summed E-state index contributed by atoms with van der Waals surface area (Å²) < 4.78 is 5.66. The van der Waals surface area contributed by atoms with Crippen molar-refractivity contribution in [1.29, 1.82) is 0 Å². The number of anilines is 1. The van der Waals surface area contributed by atoms with E-state index in [1.54, 1.807) is 0 Å². The molecule has 2 amide bonds. The average Bonchev–Trinajstić information content (AvgIpc) is 2.89. The Morgan fingerprint density at radius 3 is 2.65 bits per heavy atom. The maximum absolute atomic E-state index is 12.4. The maximum Gasteiger partial charge on any atom is 0.252 e. The minimum atomic E-state index is -0.160. The van der Waals surface area contributed by atoms with E-state index < -0.39 is 0 Å². The number of para-hydroxylation sites is 1. The Bertz CT molecular complexity index is 587. The highest BCUT2D eigenvalue weighted by atomic mass is 16.5. The molecule has 5 heteroatoms. The number of benzene rings is 1. The summed E-state index contributed by atoms with van der Waals surface area (Å²) in [6.07, 6.45) is 0.877. The van der Waals surface area contributed by atoms with Crippen LogP contribution in [0.25, 0.3) is 0 Å². The Balaban J connectivity index is 1.81. The van der Waals surface area contributed by atoms with Gasteiger partial charge in [-0.2, -0.15) is 0 Å². The number of carbonyl (C=O) groups excluding carboxylic acids is 2. The van der Waals surface area contributed by atoms with Gasteiger partial charge in [0.25, 0.3) is 5.91 Å². The molecule has 3 rings (SSSR count). The fraction of sp³-hybridized carbons (Fsp3) is 0.556. The number of hydrogen-bond acceptors (Lipinski definition) is 3. The summed E-state index contributed by atoms with van der Waals surface area (Å²) in [5.41, 5.74) is 0.739. The molecule has 0 bridgehead atoms. The number of nitrogens with zero attached hydrogens (tertiary/aromatic N) is 2. The molecule has 2 aliphatic heterocycles. The second-order valence-corrected chi connectivity index (χ2v) is 6.97. The lowest BCUT2D eigenvalue weighted by Gasteiger charge is -2.32. The molecule has 0 saturated carbocycles. The molecule has 1 unspecified atom stereocenters. The highest BCUT2D eigenvalue weighted by molar-refractivity contribution is 5.94. The highest BCUT2D eigenvalue weighted by Gasteiger charge is 2.44. The lowest BCUT2D eigenvalue weighted by Crippen LogP contribution is -2.43. The summed E-state index contributed by atoms with van der Waals surface area (Å²) in [4.78, 5) is 28.4. The fourth-order valence-electron chi connectivity index (χ4n) is 3.48. The number of rotatable bonds is 2. The molecule has 0 radical (unpaired) electrons. The zero-order chi connectivity index (χ0) is 16.4. The second kappa shape index (κ2) is 6.32. The Morgan fingerprint density at radius 1 is 1.22 bits per heavy atom. The van der Waals surface area contributed by atoms with Gasteiger partial charge in [-0.3, -0.25) is 9.59 Å². The van der Waals surface area contributed by atoms with Crippen LogP contribution >= 0.6 is 0 Å². The smallest absolute Gasteiger partial charge is 0.252 e. The van der Waals surface area contributed by atoms with Crippen LogP contribution < -0.4 is 4.90 Å². The minimum Gasteiger partial charge on any atom is -0.371 e. The maximum atomic E-state index is 12.4. The Morgan fingerprint density at radius 2 is 1.96 bits per heavy atom. The zero-order valence-corrected chi connectivity index (χ0v) is 13.8. The van der Waals surface area contributed by atoms with Crippen molar-refractivity contribution in [2.45, 2.75) is 20.3 Å². The monoisotopic (exact) mass is 316 g/mol. The van der Waals surface area contributed by atoms with Crippen LogP contribution in [-0.4, -0.2) is 49.6 Å². The summed E-state index contributed by atoms with van der Waals surface area (Å²) in [6, 6.07) is 9.71. The summed E-state index contributed by atoms with van der Waals surface area (Å²) >= 11 is 0. The third-order valence-corrected chi connectivity index (χ3v) is 4.74. The van der Waals surface area contributed by atoms with Crippen LogP contribution in [0, 0.1) is 11.3 Å². The van der Waals surface area contributed by atoms with Crippen molar-refractivity contribution in [3.8, 4) is 0 Å². The molecule has 5 nitrogen and oxygen atoms in total. The predicted octanol–water partition coefficient (Wildman–Crippen LogP) is 1.92. The molecule has 0 aromatic heterocycles. The molecule has 2 saturated heterocycles. The fourth-order valence-corrected chi connectivity index (χ4v) is 3.48. The van der Waals surface area contributed by atoms with E-state index >= 15 is 0 Å². The Hall–Kier alpha value is -1.88. The molecule has 2 fully saturated rings. The molecular weight excluding hydrogens is 292 g/mol. The summed E-state index contributed by atoms with van der Waals surface area (Å²) in [6.45, 7) is 6.52. The van der Waals surface area contributed by atoms with Gasteiger partial charge in [-0.15, -0.1) is 0 Å². The molecule has 2 aliphatic rings. The van der Waals surface area contributed by atoms with Crippen molar-refractivity contribution in [2.24, 2.45) is 11.3 Å². The third kappa shape index (κ3) is 3.24. The normalized spacial score (nSPS) is 25.3. The molecular formula is C18H24N2O3. The Kier molecular flexibility index (Phi) is 4.39. The van der Waals surface area contributed by atoms with Crippen LogP contribution in [0.15, 0.2) is 30.3 Å². The van der Waals surface area contributed by atoms with Crippen molar-refractivity contribution >= 4 is 17.5 Å². The van der Waals surface area contributed by atoms with Gasteiger partial charge in [0.15, 0.2) is 0 Å². The van der Waals surface area contributed by atoms with Gasteiger partial charge in [-0.25, -0.2) is 0 Å². The molecule has 0 aliphatic carbocycles. The SMILES string of the molecule is CC(C)C(=O)N1CCC2(COCC(=O)N(c3ccccc3)C2)C1. The summed E-state index contributed by atoms with van der Waals surface area (Å²) in [5, 5.41) is 0. The van der Waals surface area contributed by atoms with Crippen LogP contribution in [0.3, 0.4) is 0 Å². The van der Waals surface area contributed by atoms with Gasteiger partial charge >= 0.3 is 0 Å². The van der Waals surface area contributed by atoms with Crippen molar-refractivity contribution in [2.75, 3.05) is 37.7 Å². The van der Waals surface area contributed by atoms with Crippen molar-refractivity contribution in [3.63, 3.8) is 0 Å². The van der Waals surface area contributed by atoms with Crippen molar-refractivity contribution in [3.05, 3.63) is 30.3 Å². The number of amides is 2. The van der Waals surface area contributed by atoms with Crippen LogP contribution in [0.5, 0.6) is 0 Å². The minimum absolute atomic E-state index is 0.00343. The zero-order valence-electron chi connectivity index (χ0n) is 13.8. The van der Waals surface area contributed by atoms with E-state index in [2.05, 4.69) is 0 Å². The molecule has 2 heterocycles. The first-order valence-electron chi connectivity index (χ1n) is 8.23. The topological polar surface area (TPSA) is 49.9 Å². The van der Waals surface area contributed by atoms with E-state index in [9.17, 15) is 9.59 Å². The van der Waals surface area contributed by atoms with Gasteiger partial charge in [0, 0.05) is 36.7 Å². The van der Waals surface area contributed by atoms with E-state index in [4.69, 9.17) is 4.74 Å². The standard InChI is InChI=1S/C18H24N2O3/c1-14(2)17(22)19-9-8-18(11-19)12-20(16(21)10-23-13-18)15-6-4-3-5-7-15/h3-7,14H,8-13H2,1-2H3. The summed E-state index contributed by atoms with van der Waals surface area (Å²) in [7, 11) is 0. The van der Waals surface area contributed by atoms with Crippen LogP contribution in [0.4, 0.5) is 5.69 Å². The second-order valence-electron chi connectivity index (χ2n) is 6.97. The lowest BCUT2D eigenvalue weighted by molar-refractivity contribution is -0.134. The van der Waals surface area contributed by atoms with Gasteiger partial charge in [0.2, 0.25) is 5.91 Å². The first-order valence-corrected chi connectivity index (χ1v) is 8.23. The van der Waals surface area contributed by atoms with E-state index in [1.165, 1.54) is 0 Å². The third-order valence-electron chi connectivity index (χ3n) is 4.74. The van der Waals surface area contributed by atoms with Gasteiger partial charge in [0.05, 0.1) is 6.61 Å². The van der Waals surface area contributed by atoms with Crippen molar-refractivity contribution < 1.29 is 14.3 Å². The number of carbonyl (C=O) groups is 2. The molecule has 23 heavy (non-hydrogen) atoms. The van der Waals surface area contributed by atoms with Gasteiger partial charge in [-0.05, 0) is 18.6 Å². The van der Waals surface area contributed by atoms with Gasteiger partial charge < -0.3 is 14.5 Å². The molecule has 1 aromatic rings. The molecule has 1 atom stereocenters. The number of hydrogen-bond donors (Lipinski definition) is 0. The molecule has 1 spiro atoms. The van der Waals surface area contributed by atoms with Gasteiger partial charge in [0.1, 0.15) is 6.61 Å². The van der Waals surface area contributed by atoms with Crippen LogP contribution in [-0.2, 0) is 14.3 Å². The highest BCUT2D eigenvalue weighted by Crippen LogP contribution is 2.35. The van der Waals surface area contributed by atoms with E-state index in [-0.39, 0.29) is 29.8 Å². The van der Waals surface area contributed by atoms with E-state index in [1.807, 2.05) is 54.0 Å². The van der Waals surface area contributed by atoms with Crippen LogP contribution in [0.2, 0.25) is 0 Å². The van der Waals surface area contributed by atoms with Crippen molar-refractivity contribution in [1.82, 2.24) is 4.90 Å². The molecule has 0 N–H and O–H groups in total. The number of ether oxygens (including phenoxy) is 1. The van der Waals surface area contributed by atoms with Gasteiger partial charge in [-0.1, -0.05) is 32.0 Å². The van der Waals surface area contributed by atoms with E-state index in [0.29, 0.717) is 19.7 Å². The quantitative estimate of drug-likeness (QED) is 0.837. The predicted molar refractivity (Wildman–Crippen MR) is 88.1 cm³/mol. The average molecular weight is 316 g/mol. The molecule has 1 aromatic carbocycles. The summed E-state index contributed by atoms with van der Waals surface area (Å²) in [5.74, 6) is 0.175. The first kappa shape index (κ1) is 16.0. The largest absolute Gasteiger partial charge is 0.371 e. The van der Waals surface area contributed by atoms with Crippen LogP contribution in [0.1, 0.15) is 20.3 Å².